The van der Waals surface area contributed by atoms with E-state index in [2.05, 4.69) is 5.32 Å². The molecule has 1 aliphatic heterocycles. The lowest BCUT2D eigenvalue weighted by molar-refractivity contribution is -0.252. The van der Waals surface area contributed by atoms with Crippen LogP contribution >= 0.6 is 11.8 Å². The lowest BCUT2D eigenvalue weighted by Gasteiger charge is -2.59. The summed E-state index contributed by atoms with van der Waals surface area (Å²) in [5, 5.41) is 27.6. The van der Waals surface area contributed by atoms with Gasteiger partial charge in [-0.3, -0.25) is 9.59 Å². The van der Waals surface area contributed by atoms with Crippen molar-refractivity contribution in [1.82, 2.24) is 5.32 Å². The molecule has 16 heteroatoms. The minimum atomic E-state index is -2.28. The number of carbonyl (C=O) groups excluding carboxylic acids is 5. The van der Waals surface area contributed by atoms with Crippen molar-refractivity contribution < 1.29 is 67.3 Å². The number of ether oxygens (including phenoxy) is 7. The van der Waals surface area contributed by atoms with Gasteiger partial charge in [0, 0.05) is 37.9 Å². The van der Waals surface area contributed by atoms with E-state index in [4.69, 9.17) is 33.2 Å². The predicted molar refractivity (Wildman–Crippen MR) is 222 cm³/mol. The molecule has 0 aromatic heterocycles. The van der Waals surface area contributed by atoms with Crippen LogP contribution in [-0.2, 0) is 47.5 Å². The summed E-state index contributed by atoms with van der Waals surface area (Å²) in [7, 11) is 1.34. The Kier molecular flexibility index (Phi) is 15.9. The lowest BCUT2D eigenvalue weighted by Crippen LogP contribution is -2.71. The van der Waals surface area contributed by atoms with Gasteiger partial charge in [0.25, 0.3) is 0 Å². The average molecular weight is 862 g/mol. The Bertz CT molecular complexity index is 1820. The molecule has 1 aromatic carbocycles. The van der Waals surface area contributed by atoms with Gasteiger partial charge in [-0.1, -0.05) is 45.9 Å². The molecule has 1 heterocycles. The molecule has 1 fully saturated rings. The molecule has 3 N–H and O–H groups in total. The first-order valence-electron chi connectivity index (χ1n) is 20.2. The minimum Gasteiger partial charge on any atom is -0.451 e. The fraction of sp³-hybridized carbons (Fsp3) is 0.659. The largest absolute Gasteiger partial charge is 0.451 e. The zero-order valence-corrected chi connectivity index (χ0v) is 37.7. The van der Waals surface area contributed by atoms with Crippen molar-refractivity contribution in [2.45, 2.75) is 136 Å². The first-order chi connectivity index (χ1) is 27.9. The van der Waals surface area contributed by atoms with Gasteiger partial charge in [-0.15, -0.1) is 11.8 Å². The van der Waals surface area contributed by atoms with Crippen molar-refractivity contribution in [2.75, 3.05) is 32.5 Å². The van der Waals surface area contributed by atoms with Gasteiger partial charge in [-0.05, 0) is 76.5 Å². The quantitative estimate of drug-likeness (QED) is 0.0622. The maximum Gasteiger partial charge on any atom is 0.407 e. The number of aliphatic hydroxyl groups is 2. The molecule has 3 aliphatic rings. The van der Waals surface area contributed by atoms with E-state index in [-0.39, 0.29) is 60.0 Å². The number of hydrogen-bond donors (Lipinski definition) is 3. The molecular formula is C44H63NO14S. The number of esters is 3. The Labute approximate surface area is 357 Å². The number of fused-ring (bicyclic) bond motifs is 2. The summed E-state index contributed by atoms with van der Waals surface area (Å²) in [4.78, 5) is 69.1. The Morgan fingerprint density at radius 2 is 1.72 bits per heavy atom. The molecule has 60 heavy (non-hydrogen) atoms. The second-order valence-corrected chi connectivity index (χ2v) is 18.6. The van der Waals surface area contributed by atoms with Crippen molar-refractivity contribution in [1.29, 1.82) is 0 Å². The second-order valence-electron chi connectivity index (χ2n) is 17.8. The number of allylic oxidation sites excluding steroid dienone is 1. The summed E-state index contributed by atoms with van der Waals surface area (Å²) in [6.07, 6.45) is -4.90. The Hall–Kier alpha value is -3.80. The molecule has 1 saturated heterocycles. The van der Waals surface area contributed by atoms with E-state index in [0.717, 1.165) is 0 Å². The van der Waals surface area contributed by atoms with Crippen LogP contribution in [0.3, 0.4) is 0 Å². The molecule has 0 radical (unpaired) electrons. The Morgan fingerprint density at radius 3 is 2.25 bits per heavy atom. The number of hydrogen-bond acceptors (Lipinski definition) is 15. The number of rotatable bonds is 16. The molecule has 2 aliphatic carbocycles. The highest BCUT2D eigenvalue weighted by Gasteiger charge is 2.68. The monoisotopic (exact) mass is 861 g/mol. The second kappa shape index (κ2) is 19.5. The SMILES string of the molecule is COC1C(=O)C2C(C)=C(OC(=O)[C@H](O)[C@H](CC(C)C)NC(=O)OC(C)(C)C)C[C@@](O)([C@@H](OC(=O)c3ccccc3)C([C@]3(OC(C)=O)CO[C@@H]3CCOCSC)=C1C)C2(C)C. The normalized spacial score (nSPS) is 27.6. The van der Waals surface area contributed by atoms with Crippen LogP contribution in [0.4, 0.5) is 4.79 Å². The zero-order valence-electron chi connectivity index (χ0n) is 36.9. The van der Waals surface area contributed by atoms with E-state index in [1.54, 1.807) is 78.8 Å². The number of amides is 1. The summed E-state index contributed by atoms with van der Waals surface area (Å²) in [6, 6.07) is 6.96. The summed E-state index contributed by atoms with van der Waals surface area (Å²) >= 11 is 1.47. The summed E-state index contributed by atoms with van der Waals surface area (Å²) in [6.45, 7) is 16.4. The highest BCUT2D eigenvalue weighted by molar-refractivity contribution is 7.98. The molecule has 8 atom stereocenters. The van der Waals surface area contributed by atoms with Gasteiger partial charge in [0.15, 0.2) is 23.6 Å². The topological polar surface area (TPSA) is 202 Å². The van der Waals surface area contributed by atoms with Crippen LogP contribution in [0, 0.1) is 17.3 Å². The molecule has 334 valence electrons. The maximum atomic E-state index is 15.0. The number of thioether (sulfide) groups is 1. The van der Waals surface area contributed by atoms with Gasteiger partial charge in [0.2, 0.25) is 0 Å². The lowest BCUT2D eigenvalue weighted by atomic mass is 9.52. The van der Waals surface area contributed by atoms with E-state index in [1.165, 1.54) is 25.8 Å². The summed E-state index contributed by atoms with van der Waals surface area (Å²) < 4.78 is 41.7. The number of Topliss-reactive ketones (excluding diaryl/α,β-unsaturated/α-hetero) is 1. The van der Waals surface area contributed by atoms with Crippen LogP contribution in [-0.4, -0.2) is 120 Å². The molecule has 0 spiro atoms. The van der Waals surface area contributed by atoms with Gasteiger partial charge in [0.05, 0.1) is 36.7 Å². The summed E-state index contributed by atoms with van der Waals surface area (Å²) in [5.74, 6) is -4.30. The molecule has 1 amide bonds. The number of ketones is 1. The number of nitrogens with one attached hydrogen (secondary N) is 1. The molecular weight excluding hydrogens is 799 g/mol. The first kappa shape index (κ1) is 48.9. The molecule has 4 rings (SSSR count). The Morgan fingerprint density at radius 1 is 1.07 bits per heavy atom. The molecule has 0 saturated carbocycles. The van der Waals surface area contributed by atoms with E-state index in [1.807, 2.05) is 20.1 Å². The van der Waals surface area contributed by atoms with Crippen LogP contribution in [0.15, 0.2) is 52.8 Å². The van der Waals surface area contributed by atoms with Crippen LogP contribution in [0.5, 0.6) is 0 Å². The van der Waals surface area contributed by atoms with Crippen LogP contribution in [0.1, 0.15) is 98.9 Å². The van der Waals surface area contributed by atoms with Crippen molar-refractivity contribution >= 4 is 41.5 Å². The van der Waals surface area contributed by atoms with Crippen molar-refractivity contribution in [3.8, 4) is 0 Å². The summed E-state index contributed by atoms with van der Waals surface area (Å²) in [5.41, 5.74) is -5.58. The Balaban J connectivity index is 1.93. The van der Waals surface area contributed by atoms with Gasteiger partial charge in [-0.25, -0.2) is 14.4 Å². The zero-order chi connectivity index (χ0) is 45.0. The molecule has 1 aromatic rings. The third kappa shape index (κ3) is 10.3. The third-order valence-corrected chi connectivity index (χ3v) is 11.9. The number of aliphatic hydroxyl groups excluding tert-OH is 1. The van der Waals surface area contributed by atoms with E-state index in [9.17, 15) is 29.4 Å². The van der Waals surface area contributed by atoms with Crippen molar-refractivity contribution in [3.63, 3.8) is 0 Å². The fourth-order valence-electron chi connectivity index (χ4n) is 8.63. The van der Waals surface area contributed by atoms with Crippen molar-refractivity contribution in [2.24, 2.45) is 17.3 Å². The molecule has 2 bridgehead atoms. The van der Waals surface area contributed by atoms with Crippen LogP contribution in [0.2, 0.25) is 0 Å². The number of methoxy groups -OCH3 is 1. The number of carbonyl (C=O) groups is 5. The first-order valence-corrected chi connectivity index (χ1v) is 21.6. The average Bonchev–Trinajstić information content (AvgIpc) is 3.14. The fourth-order valence-corrected chi connectivity index (χ4v) is 8.91. The van der Waals surface area contributed by atoms with E-state index < -0.39 is 94.8 Å². The van der Waals surface area contributed by atoms with Gasteiger partial charge in [-0.2, -0.15) is 0 Å². The van der Waals surface area contributed by atoms with E-state index >= 15 is 4.79 Å². The highest BCUT2D eigenvalue weighted by Crippen LogP contribution is 2.58. The molecule has 15 nitrogen and oxygen atoms in total. The minimum absolute atomic E-state index is 0.0844. The number of alkyl carbamates (subject to hydrolysis) is 1. The highest BCUT2D eigenvalue weighted by atomic mass is 32.2. The van der Waals surface area contributed by atoms with Gasteiger partial charge >= 0.3 is 24.0 Å². The van der Waals surface area contributed by atoms with Gasteiger partial charge in [0.1, 0.15) is 29.2 Å². The van der Waals surface area contributed by atoms with Crippen molar-refractivity contribution in [3.05, 3.63) is 58.4 Å². The standard InChI is InChI=1S/C44H63NO14S/c1-24(2)20-29(45-40(51)59-41(6,7)8)34(47)39(50)56-30-21-44(52)37(57-38(49)28-16-14-13-15-17-28)33(26(4)36(53-11)35(48)32(25(30)3)42(44,9)10)43(58-27(5)46)22-55-31(43)18-19-54-23-60-12/h13-17,24,29,31-32,34,36-37,47,52H,18-23H2,1-12H3,(H,45,51)/t29-,31+,32?,34+,36?,37-,43-,44+/m0/s1. The van der Waals surface area contributed by atoms with Crippen LogP contribution in [0.25, 0.3) is 0 Å². The smallest absolute Gasteiger partial charge is 0.407 e. The van der Waals surface area contributed by atoms with Gasteiger partial charge < -0.3 is 48.7 Å². The predicted octanol–water partition coefficient (Wildman–Crippen LogP) is 5.45. The maximum absolute atomic E-state index is 15.0. The molecule has 2 unspecified atom stereocenters. The third-order valence-electron chi connectivity index (χ3n) is 11.5. The van der Waals surface area contributed by atoms with Crippen LogP contribution < -0.4 is 5.32 Å². The van der Waals surface area contributed by atoms with E-state index in [0.29, 0.717) is 5.94 Å². The number of benzene rings is 1.